The molecule has 3 atom stereocenters. The number of likely N-dealkylation sites (tertiary alicyclic amines) is 4. The first-order valence-corrected chi connectivity index (χ1v) is 15.1. The number of nitrogens with zero attached hydrogens (tertiary/aromatic N) is 6. The monoisotopic (exact) mass is 496 g/mol. The summed E-state index contributed by atoms with van der Waals surface area (Å²) in [4.78, 5) is 9.95. The van der Waals surface area contributed by atoms with Crippen LogP contribution < -0.4 is 0 Å². The Balaban J connectivity index is 1.56. The summed E-state index contributed by atoms with van der Waals surface area (Å²) >= 11 is 0. The Kier molecular flexibility index (Phi) is 10.5. The molecule has 4 rings (SSSR count). The van der Waals surface area contributed by atoms with E-state index in [0.717, 1.165) is 49.9 Å². The summed E-state index contributed by atoms with van der Waals surface area (Å²) in [5.74, 6) is 3.21. The van der Waals surface area contributed by atoms with Crippen molar-refractivity contribution < 1.29 is 0 Å². The molecule has 0 aromatic heterocycles. The molecule has 202 valence electrons. The maximum absolute atomic E-state index is 9.36. The van der Waals surface area contributed by atoms with Crippen LogP contribution in [0, 0.1) is 51.7 Å². The van der Waals surface area contributed by atoms with Crippen molar-refractivity contribution in [2.75, 3.05) is 79.5 Å². The van der Waals surface area contributed by atoms with E-state index in [-0.39, 0.29) is 0 Å². The van der Waals surface area contributed by atoms with Crippen LogP contribution in [0.1, 0.15) is 70.6 Å². The first-order valence-electron chi connectivity index (χ1n) is 15.1. The zero-order chi connectivity index (χ0) is 25.4. The van der Waals surface area contributed by atoms with E-state index in [1.165, 1.54) is 96.8 Å². The molecule has 0 radical (unpaired) electrons. The summed E-state index contributed by atoms with van der Waals surface area (Å²) in [7, 11) is 4.64. The molecule has 4 fully saturated rings. The molecule has 4 aliphatic heterocycles. The van der Waals surface area contributed by atoms with Crippen LogP contribution in [0.3, 0.4) is 0 Å². The predicted octanol–water partition coefficient (Wildman–Crippen LogP) is 4.30. The highest BCUT2D eigenvalue weighted by atomic mass is 15.1. The van der Waals surface area contributed by atoms with Crippen molar-refractivity contribution in [2.45, 2.75) is 70.6 Å². The Hall–Kier alpha value is -1.18. The van der Waals surface area contributed by atoms with E-state index >= 15 is 0 Å². The molecular formula is C30H52N6. The maximum Gasteiger partial charge on any atom is 0.0866 e. The van der Waals surface area contributed by atoms with Crippen molar-refractivity contribution in [1.82, 2.24) is 19.6 Å². The lowest BCUT2D eigenvalue weighted by Gasteiger charge is -2.52. The molecule has 0 bridgehead atoms. The number of nitriles is 2. The number of hydrogen-bond acceptors (Lipinski definition) is 6. The van der Waals surface area contributed by atoms with Gasteiger partial charge in [-0.1, -0.05) is 0 Å². The third-order valence-electron chi connectivity index (χ3n) is 10.3. The quantitative estimate of drug-likeness (QED) is 0.444. The van der Waals surface area contributed by atoms with Crippen LogP contribution in [-0.4, -0.2) is 99.1 Å². The molecule has 4 saturated heterocycles. The van der Waals surface area contributed by atoms with Gasteiger partial charge in [0.05, 0.1) is 25.2 Å². The van der Waals surface area contributed by atoms with Crippen LogP contribution in [0.5, 0.6) is 0 Å². The largest absolute Gasteiger partial charge is 0.306 e. The van der Waals surface area contributed by atoms with Crippen molar-refractivity contribution >= 4 is 0 Å². The van der Waals surface area contributed by atoms with Crippen LogP contribution >= 0.6 is 0 Å². The van der Waals surface area contributed by atoms with Gasteiger partial charge in [-0.25, -0.2) is 0 Å². The van der Waals surface area contributed by atoms with Crippen molar-refractivity contribution in [3.05, 3.63) is 0 Å². The summed E-state index contributed by atoms with van der Waals surface area (Å²) in [5, 5.41) is 18.5. The van der Waals surface area contributed by atoms with Crippen molar-refractivity contribution in [3.8, 4) is 12.1 Å². The zero-order valence-electron chi connectivity index (χ0n) is 23.3. The van der Waals surface area contributed by atoms with Crippen LogP contribution in [-0.2, 0) is 0 Å². The van der Waals surface area contributed by atoms with Gasteiger partial charge in [-0.3, -0.25) is 9.80 Å². The summed E-state index contributed by atoms with van der Waals surface area (Å²) < 4.78 is 0. The van der Waals surface area contributed by atoms with Crippen LogP contribution in [0.2, 0.25) is 0 Å². The van der Waals surface area contributed by atoms with Gasteiger partial charge < -0.3 is 9.80 Å². The van der Waals surface area contributed by atoms with Gasteiger partial charge in [0, 0.05) is 13.1 Å². The van der Waals surface area contributed by atoms with Gasteiger partial charge in [0.2, 0.25) is 0 Å². The van der Waals surface area contributed by atoms with Gasteiger partial charge in [0.1, 0.15) is 0 Å². The second kappa shape index (κ2) is 13.6. The van der Waals surface area contributed by atoms with Crippen molar-refractivity contribution in [1.29, 1.82) is 10.5 Å². The third-order valence-corrected chi connectivity index (χ3v) is 10.3. The Labute approximate surface area is 221 Å². The van der Waals surface area contributed by atoms with Gasteiger partial charge in [-0.15, -0.1) is 0 Å². The minimum atomic E-state index is 0.428. The van der Waals surface area contributed by atoms with Crippen LogP contribution in [0.15, 0.2) is 0 Å². The lowest BCUT2D eigenvalue weighted by Crippen LogP contribution is -2.48. The SMILES string of the molecule is CN1CCC(CC(CC2CCN(CC#N)CC2)(CC2CCCN(CC#N)C2)C2CCCN(C)C2)CC1. The molecule has 0 amide bonds. The summed E-state index contributed by atoms with van der Waals surface area (Å²) in [6.45, 7) is 10.7. The van der Waals surface area contributed by atoms with Gasteiger partial charge in [-0.05, 0) is 153 Å². The average molecular weight is 497 g/mol. The second-order valence-electron chi connectivity index (χ2n) is 13.1. The molecule has 6 heteroatoms. The highest BCUT2D eigenvalue weighted by Crippen LogP contribution is 2.52. The van der Waals surface area contributed by atoms with E-state index in [1.807, 2.05) is 0 Å². The number of piperidine rings is 4. The molecule has 6 nitrogen and oxygen atoms in total. The van der Waals surface area contributed by atoms with E-state index in [9.17, 15) is 10.5 Å². The molecule has 4 heterocycles. The van der Waals surface area contributed by atoms with Crippen molar-refractivity contribution in [2.24, 2.45) is 29.1 Å². The molecule has 36 heavy (non-hydrogen) atoms. The first-order chi connectivity index (χ1) is 17.5. The lowest BCUT2D eigenvalue weighted by atomic mass is 9.57. The van der Waals surface area contributed by atoms with Gasteiger partial charge in [-0.2, -0.15) is 10.5 Å². The van der Waals surface area contributed by atoms with E-state index < -0.39 is 0 Å². The van der Waals surface area contributed by atoms with E-state index in [4.69, 9.17) is 0 Å². The molecule has 0 aromatic carbocycles. The summed E-state index contributed by atoms with van der Waals surface area (Å²) in [5.41, 5.74) is 0.428. The smallest absolute Gasteiger partial charge is 0.0866 e. The highest BCUT2D eigenvalue weighted by Gasteiger charge is 2.45. The Morgan fingerprint density at radius 3 is 1.83 bits per heavy atom. The zero-order valence-corrected chi connectivity index (χ0v) is 23.3. The second-order valence-corrected chi connectivity index (χ2v) is 13.1. The molecule has 0 aromatic rings. The van der Waals surface area contributed by atoms with Gasteiger partial charge >= 0.3 is 0 Å². The molecule has 0 saturated carbocycles. The van der Waals surface area contributed by atoms with Crippen LogP contribution in [0.4, 0.5) is 0 Å². The Morgan fingerprint density at radius 2 is 1.19 bits per heavy atom. The molecule has 3 unspecified atom stereocenters. The molecular weight excluding hydrogens is 444 g/mol. The fraction of sp³-hybridized carbons (Fsp3) is 0.933. The maximum atomic E-state index is 9.36. The molecule has 0 N–H and O–H groups in total. The van der Waals surface area contributed by atoms with Crippen LogP contribution in [0.25, 0.3) is 0 Å². The lowest BCUT2D eigenvalue weighted by molar-refractivity contribution is -0.0157. The Bertz CT molecular complexity index is 742. The molecule has 0 spiro atoms. The number of rotatable bonds is 9. The molecule has 4 aliphatic rings. The highest BCUT2D eigenvalue weighted by molar-refractivity contribution is 4.97. The minimum absolute atomic E-state index is 0.428. The third kappa shape index (κ3) is 7.67. The normalized spacial score (nSPS) is 30.4. The van der Waals surface area contributed by atoms with E-state index in [2.05, 4.69) is 45.8 Å². The van der Waals surface area contributed by atoms with Crippen molar-refractivity contribution in [3.63, 3.8) is 0 Å². The fourth-order valence-corrected chi connectivity index (χ4v) is 8.42. The fourth-order valence-electron chi connectivity index (χ4n) is 8.42. The van der Waals surface area contributed by atoms with E-state index in [0.29, 0.717) is 18.5 Å². The standard InChI is InChI=1S/C30H52N6/c1-33-15-7-26(8-16-33)21-30(29-6-4-13-34(2)25-29,22-27-9-17-35(18-10-27)19-11-31)23-28-5-3-14-36(24-28)20-12-32/h26-29H,3-10,13-25H2,1-2H3. The van der Waals surface area contributed by atoms with Gasteiger partial charge in [0.15, 0.2) is 0 Å². The average Bonchev–Trinajstić information content (AvgIpc) is 2.87. The topological polar surface area (TPSA) is 60.5 Å². The summed E-state index contributed by atoms with van der Waals surface area (Å²) in [6.07, 6.45) is 14.8. The van der Waals surface area contributed by atoms with Gasteiger partial charge in [0.25, 0.3) is 0 Å². The summed E-state index contributed by atoms with van der Waals surface area (Å²) in [6, 6.07) is 4.80. The van der Waals surface area contributed by atoms with E-state index in [1.54, 1.807) is 0 Å². The predicted molar refractivity (Wildman–Crippen MR) is 146 cm³/mol. The minimum Gasteiger partial charge on any atom is -0.306 e. The first kappa shape index (κ1) is 27.8. The number of hydrogen-bond donors (Lipinski definition) is 0. The molecule has 0 aliphatic carbocycles. The Morgan fingerprint density at radius 1 is 0.611 bits per heavy atom.